The molecule has 0 aromatic carbocycles. The highest BCUT2D eigenvalue weighted by Crippen LogP contribution is 2.11. The minimum Gasteiger partial charge on any atom is -0.479 e. The topological polar surface area (TPSA) is 55.8 Å². The third-order valence-electron chi connectivity index (χ3n) is 3.36. The van der Waals surface area contributed by atoms with E-state index < -0.39 is 12.1 Å². The van der Waals surface area contributed by atoms with E-state index in [0.29, 0.717) is 13.0 Å². The first-order valence-electron chi connectivity index (χ1n) is 8.23. The molecule has 4 nitrogen and oxygen atoms in total. The maximum absolute atomic E-state index is 11.0. The van der Waals surface area contributed by atoms with E-state index in [1.807, 2.05) is 0 Å². The molecule has 0 bridgehead atoms. The SMILES string of the molecule is CCCCCCCCC(OOCCCCCC)C(=O)O. The molecule has 0 rings (SSSR count). The zero-order valence-electron chi connectivity index (χ0n) is 13.2. The third kappa shape index (κ3) is 12.4. The van der Waals surface area contributed by atoms with E-state index >= 15 is 0 Å². The molecular formula is C16H32O4. The molecule has 0 aromatic heterocycles. The van der Waals surface area contributed by atoms with Gasteiger partial charge in [-0.1, -0.05) is 71.6 Å². The predicted molar refractivity (Wildman–Crippen MR) is 80.6 cm³/mol. The van der Waals surface area contributed by atoms with Crippen molar-refractivity contribution in [1.29, 1.82) is 0 Å². The molecular weight excluding hydrogens is 256 g/mol. The molecule has 0 aliphatic rings. The molecule has 1 atom stereocenters. The van der Waals surface area contributed by atoms with Crippen LogP contribution >= 0.6 is 0 Å². The van der Waals surface area contributed by atoms with Crippen LogP contribution in [0, 0.1) is 0 Å². The fourth-order valence-electron chi connectivity index (χ4n) is 2.04. The molecule has 0 fully saturated rings. The van der Waals surface area contributed by atoms with Crippen LogP contribution in [-0.4, -0.2) is 23.8 Å². The van der Waals surface area contributed by atoms with Gasteiger partial charge in [0.1, 0.15) is 0 Å². The molecule has 0 saturated carbocycles. The number of carbonyl (C=O) groups is 1. The predicted octanol–water partition coefficient (Wildman–Crippen LogP) is 4.72. The summed E-state index contributed by atoms with van der Waals surface area (Å²) in [6, 6.07) is 0. The van der Waals surface area contributed by atoms with Crippen molar-refractivity contribution in [2.75, 3.05) is 6.61 Å². The standard InChI is InChI=1S/C16H32O4/c1-3-5-7-9-10-11-13-15(16(17)18)20-19-14-12-8-6-4-2/h15H,3-14H2,1-2H3,(H,17,18). The van der Waals surface area contributed by atoms with E-state index in [-0.39, 0.29) is 0 Å². The quantitative estimate of drug-likeness (QED) is 0.269. The second-order valence-corrected chi connectivity index (χ2v) is 5.36. The van der Waals surface area contributed by atoms with Crippen molar-refractivity contribution in [3.05, 3.63) is 0 Å². The van der Waals surface area contributed by atoms with Crippen LogP contribution in [0.4, 0.5) is 0 Å². The summed E-state index contributed by atoms with van der Waals surface area (Å²) >= 11 is 0. The Morgan fingerprint density at radius 1 is 0.900 bits per heavy atom. The first-order chi connectivity index (χ1) is 9.72. The summed E-state index contributed by atoms with van der Waals surface area (Å²) in [5, 5.41) is 9.05. The summed E-state index contributed by atoms with van der Waals surface area (Å²) < 4.78 is 0. The van der Waals surface area contributed by atoms with Crippen LogP contribution in [0.2, 0.25) is 0 Å². The van der Waals surface area contributed by atoms with Crippen molar-refractivity contribution in [3.63, 3.8) is 0 Å². The Morgan fingerprint density at radius 3 is 2.05 bits per heavy atom. The van der Waals surface area contributed by atoms with E-state index in [0.717, 1.165) is 25.7 Å². The van der Waals surface area contributed by atoms with Crippen LogP contribution in [0.15, 0.2) is 0 Å². The van der Waals surface area contributed by atoms with Crippen molar-refractivity contribution in [1.82, 2.24) is 0 Å². The minimum atomic E-state index is -0.924. The van der Waals surface area contributed by atoms with Gasteiger partial charge in [0.25, 0.3) is 0 Å². The lowest BCUT2D eigenvalue weighted by Gasteiger charge is -2.12. The normalized spacial score (nSPS) is 12.5. The van der Waals surface area contributed by atoms with Crippen molar-refractivity contribution in [2.24, 2.45) is 0 Å². The van der Waals surface area contributed by atoms with Crippen molar-refractivity contribution < 1.29 is 19.7 Å². The first kappa shape index (κ1) is 19.4. The molecule has 0 amide bonds. The van der Waals surface area contributed by atoms with E-state index in [1.54, 1.807) is 0 Å². The fraction of sp³-hybridized carbons (Fsp3) is 0.938. The number of unbranched alkanes of at least 4 members (excludes halogenated alkanes) is 8. The molecule has 0 heterocycles. The lowest BCUT2D eigenvalue weighted by atomic mass is 10.1. The summed E-state index contributed by atoms with van der Waals surface area (Å²) in [5.74, 6) is -0.924. The van der Waals surface area contributed by atoms with E-state index in [4.69, 9.17) is 14.9 Å². The maximum atomic E-state index is 11.0. The zero-order valence-corrected chi connectivity index (χ0v) is 13.2. The van der Waals surface area contributed by atoms with Crippen LogP contribution in [0.25, 0.3) is 0 Å². The van der Waals surface area contributed by atoms with Gasteiger partial charge in [-0.3, -0.25) is 0 Å². The van der Waals surface area contributed by atoms with Gasteiger partial charge in [-0.05, 0) is 12.8 Å². The number of rotatable bonds is 15. The van der Waals surface area contributed by atoms with Gasteiger partial charge >= 0.3 is 5.97 Å². The van der Waals surface area contributed by atoms with Gasteiger partial charge in [-0.2, -0.15) is 0 Å². The molecule has 20 heavy (non-hydrogen) atoms. The van der Waals surface area contributed by atoms with E-state index in [2.05, 4.69) is 13.8 Å². The Labute approximate surface area is 123 Å². The molecule has 0 spiro atoms. The molecule has 1 unspecified atom stereocenters. The third-order valence-corrected chi connectivity index (χ3v) is 3.36. The van der Waals surface area contributed by atoms with Crippen LogP contribution in [0.5, 0.6) is 0 Å². The molecule has 4 heteroatoms. The Bertz CT molecular complexity index is 203. The summed E-state index contributed by atoms with van der Waals surface area (Å²) in [6.07, 6.45) is 11.0. The molecule has 0 saturated heterocycles. The van der Waals surface area contributed by atoms with Crippen LogP contribution < -0.4 is 0 Å². The van der Waals surface area contributed by atoms with Gasteiger partial charge in [0.15, 0.2) is 6.10 Å². The van der Waals surface area contributed by atoms with E-state index in [9.17, 15) is 4.79 Å². The largest absolute Gasteiger partial charge is 0.479 e. The Morgan fingerprint density at radius 2 is 1.45 bits per heavy atom. The number of carboxylic acid groups (broad SMARTS) is 1. The molecule has 0 aromatic rings. The molecule has 0 aliphatic heterocycles. The highest BCUT2D eigenvalue weighted by atomic mass is 17.2. The van der Waals surface area contributed by atoms with Crippen molar-refractivity contribution >= 4 is 5.97 Å². The Kier molecular flexibility index (Phi) is 14.3. The van der Waals surface area contributed by atoms with Gasteiger partial charge in [0.2, 0.25) is 0 Å². The maximum Gasteiger partial charge on any atom is 0.336 e. The van der Waals surface area contributed by atoms with Crippen molar-refractivity contribution in [3.8, 4) is 0 Å². The number of hydrogen-bond donors (Lipinski definition) is 1. The smallest absolute Gasteiger partial charge is 0.336 e. The monoisotopic (exact) mass is 288 g/mol. The van der Waals surface area contributed by atoms with Crippen molar-refractivity contribution in [2.45, 2.75) is 90.6 Å². The Balaban J connectivity index is 3.53. The fourth-order valence-corrected chi connectivity index (χ4v) is 2.04. The number of carboxylic acids is 1. The molecule has 1 N–H and O–H groups in total. The second kappa shape index (κ2) is 14.8. The average Bonchev–Trinajstić information content (AvgIpc) is 2.43. The van der Waals surface area contributed by atoms with Gasteiger partial charge in [-0.25, -0.2) is 14.6 Å². The summed E-state index contributed by atoms with van der Waals surface area (Å²) in [7, 11) is 0. The highest BCUT2D eigenvalue weighted by Gasteiger charge is 2.18. The van der Waals surface area contributed by atoms with Gasteiger partial charge in [-0.15, -0.1) is 0 Å². The lowest BCUT2D eigenvalue weighted by Crippen LogP contribution is -2.24. The van der Waals surface area contributed by atoms with Gasteiger partial charge in [0, 0.05) is 0 Å². The van der Waals surface area contributed by atoms with Crippen LogP contribution in [-0.2, 0) is 14.6 Å². The summed E-state index contributed by atoms with van der Waals surface area (Å²) in [4.78, 5) is 21.1. The number of aliphatic carboxylic acids is 1. The molecule has 0 radical (unpaired) electrons. The van der Waals surface area contributed by atoms with Gasteiger partial charge < -0.3 is 5.11 Å². The average molecular weight is 288 g/mol. The zero-order chi connectivity index (χ0) is 15.1. The first-order valence-corrected chi connectivity index (χ1v) is 8.23. The highest BCUT2D eigenvalue weighted by molar-refractivity contribution is 5.72. The van der Waals surface area contributed by atoms with Crippen LogP contribution in [0.3, 0.4) is 0 Å². The van der Waals surface area contributed by atoms with Crippen LogP contribution in [0.1, 0.15) is 84.5 Å². The van der Waals surface area contributed by atoms with Gasteiger partial charge in [0.05, 0.1) is 6.61 Å². The minimum absolute atomic E-state index is 0.486. The van der Waals surface area contributed by atoms with E-state index in [1.165, 1.54) is 38.5 Å². The molecule has 120 valence electrons. The summed E-state index contributed by atoms with van der Waals surface area (Å²) in [6.45, 7) is 4.82. The lowest BCUT2D eigenvalue weighted by molar-refractivity contribution is -0.321. The number of hydrogen-bond acceptors (Lipinski definition) is 3. The summed E-state index contributed by atoms with van der Waals surface area (Å²) in [5.41, 5.74) is 0. The Hall–Kier alpha value is -0.610. The molecule has 0 aliphatic carbocycles. The second-order valence-electron chi connectivity index (χ2n) is 5.36.